The first kappa shape index (κ1) is 108. The fourth-order valence-corrected chi connectivity index (χ4v) is 16.5. The van der Waals surface area contributed by atoms with Crippen molar-refractivity contribution in [3.8, 4) is 0 Å². The lowest BCUT2D eigenvalue weighted by molar-refractivity contribution is -0.390. The Kier molecular flexibility index (Phi) is 40.2. The molecule has 746 valence electrons. The third-order valence-corrected chi connectivity index (χ3v) is 23.0. The van der Waals surface area contributed by atoms with Crippen LogP contribution < -0.4 is 31.9 Å². The van der Waals surface area contributed by atoms with E-state index in [1.165, 1.54) is 0 Å². The lowest BCUT2D eigenvalue weighted by atomic mass is 9.93. The molecule has 0 bridgehead atoms. The molecule has 129 heavy (non-hydrogen) atoms. The lowest BCUT2D eigenvalue weighted by Crippen LogP contribution is -2.71. The highest BCUT2D eigenvalue weighted by Crippen LogP contribution is 2.41. The maximum Gasteiger partial charge on any atom is 0.217 e. The smallest absolute Gasteiger partial charge is 0.217 e. The lowest BCUT2D eigenvalue weighted by Gasteiger charge is -2.51. The van der Waals surface area contributed by atoms with E-state index in [9.17, 15) is 167 Å². The molecular weight excluding hydrogens is 1760 g/mol. The molecule has 9 aliphatic rings. The Balaban J connectivity index is 0.896. The average Bonchev–Trinajstić information content (AvgIpc) is 0.772. The van der Waals surface area contributed by atoms with Gasteiger partial charge in [0.25, 0.3) is 0 Å². The van der Waals surface area contributed by atoms with Crippen LogP contribution in [0.15, 0.2) is 0 Å². The van der Waals surface area contributed by atoms with Crippen molar-refractivity contribution >= 4 is 35.4 Å². The van der Waals surface area contributed by atoms with E-state index in [-0.39, 0.29) is 0 Å². The van der Waals surface area contributed by atoms with Crippen LogP contribution in [0.5, 0.6) is 0 Å². The van der Waals surface area contributed by atoms with E-state index < -0.39 is 409 Å². The van der Waals surface area contributed by atoms with E-state index in [1.807, 2.05) is 0 Å². The van der Waals surface area contributed by atoms with Crippen molar-refractivity contribution in [1.29, 1.82) is 0 Å². The molecule has 33 N–H and O–H groups in total. The second kappa shape index (κ2) is 48.2. The quantitative estimate of drug-likeness (QED) is 0.0273. The monoisotopic (exact) mass is 1890 g/mol. The van der Waals surface area contributed by atoms with Crippen molar-refractivity contribution in [2.24, 2.45) is 0 Å². The number of aliphatic hydroxyl groups is 27. The average molecular weight is 1890 g/mol. The second-order valence-electron chi connectivity index (χ2n) is 32.2. The highest BCUT2D eigenvalue weighted by Gasteiger charge is 2.62. The largest absolute Gasteiger partial charge is 0.394 e. The van der Waals surface area contributed by atoms with Crippen molar-refractivity contribution in [1.82, 2.24) is 31.9 Å². The third kappa shape index (κ3) is 24.9. The number of rotatable bonds is 38. The number of amides is 6. The van der Waals surface area contributed by atoms with Crippen LogP contribution in [-0.2, 0) is 114 Å². The predicted octanol–water partition coefficient (Wildman–Crippen LogP) is -22.3. The predicted molar refractivity (Wildman–Crippen MR) is 401 cm³/mol. The Hall–Kier alpha value is -4.98. The number of hydrogen-bond donors (Lipinski definition) is 33. The molecule has 0 aromatic carbocycles. The molecule has 0 saturated carbocycles. The van der Waals surface area contributed by atoms with Gasteiger partial charge in [-0.05, 0) is 0 Å². The van der Waals surface area contributed by atoms with Gasteiger partial charge in [-0.3, -0.25) is 28.8 Å². The van der Waals surface area contributed by atoms with Crippen molar-refractivity contribution in [2.45, 2.75) is 342 Å². The zero-order valence-corrected chi connectivity index (χ0v) is 69.9. The van der Waals surface area contributed by atoms with Gasteiger partial charge in [0, 0.05) is 41.5 Å². The fourth-order valence-electron chi connectivity index (χ4n) is 16.5. The Morgan fingerprint density at radius 3 is 0.682 bits per heavy atom. The van der Waals surface area contributed by atoms with E-state index >= 15 is 0 Å². The normalized spacial score (nSPS) is 45.0. The zero-order chi connectivity index (χ0) is 95.5. The first-order valence-corrected chi connectivity index (χ1v) is 41.0. The van der Waals surface area contributed by atoms with E-state index in [2.05, 4.69) is 31.9 Å². The molecular formula is C72H122N6O51. The van der Waals surface area contributed by atoms with Crippen LogP contribution in [0.4, 0.5) is 0 Å². The van der Waals surface area contributed by atoms with Gasteiger partial charge in [-0.1, -0.05) is 0 Å². The van der Waals surface area contributed by atoms with Crippen molar-refractivity contribution in [2.75, 3.05) is 72.7 Å². The van der Waals surface area contributed by atoms with Gasteiger partial charge in [0.2, 0.25) is 35.4 Å². The van der Waals surface area contributed by atoms with E-state index in [0.717, 1.165) is 41.5 Å². The molecule has 57 heteroatoms. The molecule has 0 spiro atoms. The van der Waals surface area contributed by atoms with Crippen LogP contribution in [-0.4, -0.2) is 546 Å². The SMILES string of the molecule is CC(=O)N[C@H]1[C@H](O[C@H]2[C@@H](O)[C@@H](CO)O[C@@H](O[C@H]3[C@H](O)[C@@H](NC(C)=O)[C@H](O[C@H]4[C@@H](O)[C@@H](CO)O[C@@H](O[C@H]5[C@H](O)[C@@H](NC(C)=O)[C@H](O[C@@H]([C@@H](O)[C@H](O)CO)[C@H](CO)NC(C)=O)O[C@@H]5CO)[C@@H]4O)O[C@@H]3CO)[C@@H]2O)O[C@H](CO)[C@@H](O[C@@H]2O[C@H](CO)[C@H](O)[C@H](O[C@@H]3O[C@H](CO)[C@@H](O[C@@H]4O[C@H](CO)[C@H](O)[C@H](O[C@@H]5O[C@H](CO)[C@@H](O)[C@H](O)[C@H]5NC(C)=O)[C@H]4O)[C@H](O)[C@H]3NC(C)=O)[C@H]2O)[C@@H]1O. The van der Waals surface area contributed by atoms with Gasteiger partial charge in [-0.25, -0.2) is 0 Å². The van der Waals surface area contributed by atoms with Crippen LogP contribution in [0.2, 0.25) is 0 Å². The summed E-state index contributed by atoms with van der Waals surface area (Å²) >= 11 is 0. The first-order chi connectivity index (χ1) is 61.0. The van der Waals surface area contributed by atoms with Gasteiger partial charge in [0.15, 0.2) is 56.6 Å². The first-order valence-electron chi connectivity index (χ1n) is 41.0. The summed E-state index contributed by atoms with van der Waals surface area (Å²) in [6, 6.07) is -11.0. The minimum Gasteiger partial charge on any atom is -0.394 e. The Morgan fingerprint density at radius 2 is 0.457 bits per heavy atom. The standard InChI is InChI=1S/C72H122N6O51/c1-18(90)73-24(7-79)55(40(97)25(96)8-80)121-65-36(75-20(3)92)47(104)56(31(14-86)117-65)122-70-52(109)61(43(100)28(11-83)114-70)127-67-38(77-22(5)94)49(106)58(33(16-88)119-67)124-72-54(111)63(45(102)30(13-85)116-72)129-68-39(78-23(6)95)50(107)59(34(17-89)120-68)125-71-53(110)62(44(101)29(12-84)115-71)128-66-37(76-21(4)93)48(105)57(32(15-87)118-66)123-69-51(108)60(42(99)27(10-82)113-69)126-64-35(74-19(2)91)46(103)41(98)26(9-81)112-64/h24-72,79-89,96-111H,7-17H2,1-6H3,(H,73,90)(H,74,91)(H,75,92)(H,76,93)(H,77,94)(H,78,95)/t24-,25+,26+,27+,28+,29+,30+,31+,32+,33+,34+,35+,36+,37+,38+,39+,40-,41+,42-,43-,44-,45-,46+,47+,48+,49+,50+,51+,52+,53+,54+,55+,56+,57+,58+,59+,60-,61-,62-,63-,64-,65-,66-,67-,68-,69-,70-,71-,72-/m0/s1. The number of ether oxygens (including phenoxy) is 18. The summed E-state index contributed by atoms with van der Waals surface area (Å²) in [6.07, 6.45) is -89.1. The zero-order valence-electron chi connectivity index (χ0n) is 69.9. The Morgan fingerprint density at radius 1 is 0.248 bits per heavy atom. The number of hydrogen-bond acceptors (Lipinski definition) is 51. The van der Waals surface area contributed by atoms with Gasteiger partial charge in [0.05, 0.1) is 78.7 Å². The number of carbonyl (C=O) groups is 6. The van der Waals surface area contributed by atoms with Gasteiger partial charge < -0.3 is 255 Å². The molecule has 9 rings (SSSR count). The van der Waals surface area contributed by atoms with Gasteiger partial charge >= 0.3 is 0 Å². The second-order valence-corrected chi connectivity index (χ2v) is 32.2. The van der Waals surface area contributed by atoms with Crippen LogP contribution >= 0.6 is 0 Å². The summed E-state index contributed by atoms with van der Waals surface area (Å²) in [7, 11) is 0. The van der Waals surface area contributed by atoms with Crippen molar-refractivity contribution in [3.63, 3.8) is 0 Å². The van der Waals surface area contributed by atoms with Crippen LogP contribution in [0, 0.1) is 0 Å². The van der Waals surface area contributed by atoms with E-state index in [4.69, 9.17) is 85.3 Å². The third-order valence-electron chi connectivity index (χ3n) is 23.0. The molecule has 0 aromatic heterocycles. The number of aliphatic hydroxyl groups excluding tert-OH is 27. The molecule has 9 saturated heterocycles. The number of carbonyl (C=O) groups excluding carboxylic acids is 6. The maximum absolute atomic E-state index is 13.1. The Bertz CT molecular complexity index is 3520. The van der Waals surface area contributed by atoms with Gasteiger partial charge in [0.1, 0.15) is 238 Å². The maximum atomic E-state index is 13.1. The molecule has 0 aliphatic carbocycles. The van der Waals surface area contributed by atoms with Gasteiger partial charge in [-0.15, -0.1) is 0 Å². The van der Waals surface area contributed by atoms with Gasteiger partial charge in [-0.2, -0.15) is 0 Å². The molecule has 0 radical (unpaired) electrons. The Labute approximate surface area is 731 Å². The van der Waals surface area contributed by atoms with E-state index in [0.29, 0.717) is 0 Å². The fraction of sp³-hybridized carbons (Fsp3) is 0.917. The minimum absolute atomic E-state index is 0.794. The van der Waals surface area contributed by atoms with Crippen molar-refractivity contribution in [3.05, 3.63) is 0 Å². The summed E-state index contributed by atoms with van der Waals surface area (Å²) in [5.74, 6) is -5.41. The molecule has 57 nitrogen and oxygen atoms in total. The van der Waals surface area contributed by atoms with Crippen LogP contribution in [0.1, 0.15) is 41.5 Å². The molecule has 49 atom stereocenters. The van der Waals surface area contributed by atoms with Crippen LogP contribution in [0.25, 0.3) is 0 Å². The summed E-state index contributed by atoms with van der Waals surface area (Å²) in [6.45, 7) is -6.47. The summed E-state index contributed by atoms with van der Waals surface area (Å²) in [5.41, 5.74) is 0. The van der Waals surface area contributed by atoms with Crippen molar-refractivity contribution < 1.29 is 252 Å². The molecule has 9 heterocycles. The molecule has 0 aromatic rings. The number of nitrogens with one attached hydrogen (secondary N) is 6. The molecule has 9 aliphatic heterocycles. The summed E-state index contributed by atoms with van der Waals surface area (Å²) in [5, 5.41) is 315. The van der Waals surface area contributed by atoms with E-state index in [1.54, 1.807) is 0 Å². The summed E-state index contributed by atoms with van der Waals surface area (Å²) in [4.78, 5) is 76.1. The molecule has 6 amide bonds. The summed E-state index contributed by atoms with van der Waals surface area (Å²) < 4.78 is 106. The van der Waals surface area contributed by atoms with Crippen LogP contribution in [0.3, 0.4) is 0 Å². The topological polar surface area (TPSA) is 887 Å². The molecule has 9 fully saturated rings. The highest BCUT2D eigenvalue weighted by molar-refractivity contribution is 5.75. The molecule has 0 unspecified atom stereocenters. The highest BCUT2D eigenvalue weighted by atomic mass is 16.8. The minimum atomic E-state index is -2.42.